The molecule has 2 rings (SSSR count). The molecule has 2 heteroatoms. The normalized spacial score (nSPS) is 23.8. The highest BCUT2D eigenvalue weighted by Gasteiger charge is 2.28. The fourth-order valence-corrected chi connectivity index (χ4v) is 3.41. The van der Waals surface area contributed by atoms with E-state index in [1.807, 2.05) is 6.07 Å². The van der Waals surface area contributed by atoms with Crippen molar-refractivity contribution < 1.29 is 4.74 Å². The summed E-state index contributed by atoms with van der Waals surface area (Å²) in [5.74, 6) is 2.70. The molecule has 0 radical (unpaired) electrons. The van der Waals surface area contributed by atoms with E-state index >= 15 is 0 Å². The number of hydrogen-bond donors (Lipinski definition) is 1. The number of nitrogens with one attached hydrogen (secondary N) is 1. The first-order valence-corrected chi connectivity index (χ1v) is 8.09. The Labute approximate surface area is 123 Å². The lowest BCUT2D eigenvalue weighted by molar-refractivity contribution is 0.348. The van der Waals surface area contributed by atoms with E-state index in [9.17, 15) is 0 Å². The molecule has 20 heavy (non-hydrogen) atoms. The van der Waals surface area contributed by atoms with Crippen molar-refractivity contribution in [3.05, 3.63) is 29.8 Å². The molecule has 1 aliphatic rings. The second-order valence-corrected chi connectivity index (χ2v) is 6.29. The fraction of sp³-hybridized carbons (Fsp3) is 0.667. The third-order valence-corrected chi connectivity index (χ3v) is 4.55. The van der Waals surface area contributed by atoms with Crippen LogP contribution < -0.4 is 10.1 Å². The molecule has 0 aliphatic heterocycles. The summed E-state index contributed by atoms with van der Waals surface area (Å²) in [6.07, 6.45) is 6.48. The largest absolute Gasteiger partial charge is 0.497 e. The van der Waals surface area contributed by atoms with Crippen LogP contribution in [0.4, 0.5) is 0 Å². The molecule has 0 spiro atoms. The van der Waals surface area contributed by atoms with Crippen LogP contribution >= 0.6 is 0 Å². The molecule has 1 fully saturated rings. The van der Waals surface area contributed by atoms with E-state index in [1.165, 1.54) is 31.2 Å². The van der Waals surface area contributed by atoms with Crippen LogP contribution in [0.3, 0.4) is 0 Å². The van der Waals surface area contributed by atoms with Gasteiger partial charge >= 0.3 is 0 Å². The van der Waals surface area contributed by atoms with E-state index in [0.717, 1.165) is 30.6 Å². The second kappa shape index (κ2) is 7.68. The summed E-state index contributed by atoms with van der Waals surface area (Å²) in [5, 5.41) is 3.78. The lowest BCUT2D eigenvalue weighted by Crippen LogP contribution is -2.37. The molecule has 1 aromatic carbocycles. The summed E-state index contributed by atoms with van der Waals surface area (Å²) in [7, 11) is 1.74. The minimum absolute atomic E-state index is 0.618. The summed E-state index contributed by atoms with van der Waals surface area (Å²) in [6.45, 7) is 5.76. The maximum Gasteiger partial charge on any atom is 0.119 e. The van der Waals surface area contributed by atoms with Crippen molar-refractivity contribution in [1.82, 2.24) is 5.32 Å². The van der Waals surface area contributed by atoms with Crippen LogP contribution in [0.25, 0.3) is 0 Å². The molecule has 0 heterocycles. The number of hydrogen-bond acceptors (Lipinski definition) is 2. The van der Waals surface area contributed by atoms with Gasteiger partial charge in [-0.25, -0.2) is 0 Å². The lowest BCUT2D eigenvalue weighted by atomic mass is 9.91. The number of ether oxygens (including phenoxy) is 1. The molecule has 0 saturated heterocycles. The molecule has 0 aromatic heterocycles. The molecule has 1 aliphatic carbocycles. The Kier molecular flexibility index (Phi) is 5.90. The Morgan fingerprint density at radius 3 is 2.85 bits per heavy atom. The van der Waals surface area contributed by atoms with Gasteiger partial charge in [0.1, 0.15) is 5.75 Å². The molecular weight excluding hydrogens is 246 g/mol. The van der Waals surface area contributed by atoms with Crippen molar-refractivity contribution in [2.75, 3.05) is 13.7 Å². The third kappa shape index (κ3) is 4.24. The summed E-state index contributed by atoms with van der Waals surface area (Å²) in [4.78, 5) is 0. The van der Waals surface area contributed by atoms with Gasteiger partial charge in [0.2, 0.25) is 0 Å². The zero-order valence-corrected chi connectivity index (χ0v) is 13.2. The lowest BCUT2D eigenvalue weighted by Gasteiger charge is -2.25. The van der Waals surface area contributed by atoms with Crippen molar-refractivity contribution in [1.29, 1.82) is 0 Å². The molecule has 3 atom stereocenters. The Balaban J connectivity index is 2.02. The minimum atomic E-state index is 0.618. The monoisotopic (exact) mass is 275 g/mol. The number of rotatable bonds is 7. The smallest absolute Gasteiger partial charge is 0.119 e. The van der Waals surface area contributed by atoms with Gasteiger partial charge in [0.25, 0.3) is 0 Å². The van der Waals surface area contributed by atoms with Gasteiger partial charge in [0.15, 0.2) is 0 Å². The van der Waals surface area contributed by atoms with Crippen LogP contribution in [0, 0.1) is 11.8 Å². The fourth-order valence-electron chi connectivity index (χ4n) is 3.41. The van der Waals surface area contributed by atoms with Crippen molar-refractivity contribution in [2.24, 2.45) is 11.8 Å². The van der Waals surface area contributed by atoms with Gasteiger partial charge in [0, 0.05) is 6.04 Å². The van der Waals surface area contributed by atoms with Gasteiger partial charge in [-0.3, -0.25) is 0 Å². The Hall–Kier alpha value is -1.02. The molecule has 2 nitrogen and oxygen atoms in total. The molecule has 1 N–H and O–H groups in total. The number of benzene rings is 1. The first kappa shape index (κ1) is 15.4. The SMILES string of the molecule is CCCNC(Cc1cccc(OC)c1)C1CCC(C)C1. The zero-order chi connectivity index (χ0) is 14.4. The first-order valence-electron chi connectivity index (χ1n) is 8.09. The maximum absolute atomic E-state index is 5.34. The van der Waals surface area contributed by atoms with Crippen LogP contribution in [-0.2, 0) is 6.42 Å². The van der Waals surface area contributed by atoms with E-state index in [-0.39, 0.29) is 0 Å². The van der Waals surface area contributed by atoms with Crippen molar-refractivity contribution in [3.63, 3.8) is 0 Å². The van der Waals surface area contributed by atoms with E-state index < -0.39 is 0 Å². The topological polar surface area (TPSA) is 21.3 Å². The summed E-state index contributed by atoms with van der Waals surface area (Å²) < 4.78 is 5.34. The minimum Gasteiger partial charge on any atom is -0.497 e. The molecule has 1 saturated carbocycles. The molecule has 1 aromatic rings. The quantitative estimate of drug-likeness (QED) is 0.811. The second-order valence-electron chi connectivity index (χ2n) is 6.29. The summed E-state index contributed by atoms with van der Waals surface area (Å²) >= 11 is 0. The Bertz CT molecular complexity index is 404. The van der Waals surface area contributed by atoms with Crippen LogP contribution in [0.2, 0.25) is 0 Å². The molecule has 0 amide bonds. The van der Waals surface area contributed by atoms with Gasteiger partial charge in [-0.1, -0.05) is 32.4 Å². The van der Waals surface area contributed by atoms with E-state index in [0.29, 0.717) is 6.04 Å². The average molecular weight is 275 g/mol. The predicted molar refractivity (Wildman–Crippen MR) is 85.3 cm³/mol. The first-order chi connectivity index (χ1) is 9.72. The van der Waals surface area contributed by atoms with Crippen molar-refractivity contribution in [3.8, 4) is 5.75 Å². The molecule has 3 unspecified atom stereocenters. The van der Waals surface area contributed by atoms with E-state index in [4.69, 9.17) is 4.74 Å². The van der Waals surface area contributed by atoms with Gasteiger partial charge in [-0.2, -0.15) is 0 Å². The molecule has 0 bridgehead atoms. The zero-order valence-electron chi connectivity index (χ0n) is 13.2. The van der Waals surface area contributed by atoms with Gasteiger partial charge in [-0.05, 0) is 61.8 Å². The van der Waals surface area contributed by atoms with E-state index in [2.05, 4.69) is 37.4 Å². The average Bonchev–Trinajstić information content (AvgIpc) is 2.90. The summed E-state index contributed by atoms with van der Waals surface area (Å²) in [5.41, 5.74) is 1.39. The van der Waals surface area contributed by atoms with Crippen molar-refractivity contribution >= 4 is 0 Å². The Morgan fingerprint density at radius 2 is 2.20 bits per heavy atom. The standard InChI is InChI=1S/C18H29NO/c1-4-10-19-18(16-9-8-14(2)11-16)13-15-6-5-7-17(12-15)20-3/h5-7,12,14,16,18-19H,4,8-11,13H2,1-3H3. The van der Waals surface area contributed by atoms with Gasteiger partial charge < -0.3 is 10.1 Å². The highest BCUT2D eigenvalue weighted by atomic mass is 16.5. The van der Waals surface area contributed by atoms with Crippen LogP contribution in [0.1, 0.15) is 45.1 Å². The van der Waals surface area contributed by atoms with Crippen LogP contribution in [-0.4, -0.2) is 19.7 Å². The maximum atomic E-state index is 5.34. The van der Waals surface area contributed by atoms with Gasteiger partial charge in [0.05, 0.1) is 7.11 Å². The van der Waals surface area contributed by atoms with Crippen LogP contribution in [0.5, 0.6) is 5.75 Å². The van der Waals surface area contributed by atoms with Gasteiger partial charge in [-0.15, -0.1) is 0 Å². The number of methoxy groups -OCH3 is 1. The highest BCUT2D eigenvalue weighted by Crippen LogP contribution is 2.34. The van der Waals surface area contributed by atoms with E-state index in [1.54, 1.807) is 7.11 Å². The Morgan fingerprint density at radius 1 is 1.35 bits per heavy atom. The molecular formula is C18H29NO. The summed E-state index contributed by atoms with van der Waals surface area (Å²) in [6, 6.07) is 9.14. The third-order valence-electron chi connectivity index (χ3n) is 4.55. The van der Waals surface area contributed by atoms with Crippen molar-refractivity contribution in [2.45, 2.75) is 52.0 Å². The highest BCUT2D eigenvalue weighted by molar-refractivity contribution is 5.29. The molecule has 112 valence electrons. The predicted octanol–water partition coefficient (Wildman–Crippen LogP) is 4.04. The van der Waals surface area contributed by atoms with Crippen LogP contribution in [0.15, 0.2) is 24.3 Å².